The maximum atomic E-state index is 10.0. The number of para-hydroxylation sites is 1. The highest BCUT2D eigenvalue weighted by atomic mass is 19.1. The Balaban J connectivity index is 0. The van der Waals surface area contributed by atoms with Gasteiger partial charge in [-0.25, -0.2) is 0 Å². The van der Waals surface area contributed by atoms with Crippen molar-refractivity contribution >= 4 is 5.69 Å². The first-order valence-corrected chi connectivity index (χ1v) is 3.88. The molecule has 0 spiro atoms. The zero-order valence-electron chi connectivity index (χ0n) is 8.03. The summed E-state index contributed by atoms with van der Waals surface area (Å²) < 4.78 is 9.50. The molecule has 0 heterocycles. The highest BCUT2D eigenvalue weighted by Gasteiger charge is 1.98. The maximum Gasteiger partial charge on any atom is 0.269 e. The number of non-ortho nitro benzene ring substituents is 1. The van der Waals surface area contributed by atoms with Crippen LogP contribution in [-0.2, 0) is 0 Å². The Morgan fingerprint density at radius 2 is 1.54 bits per heavy atom. The van der Waals surface area contributed by atoms with Gasteiger partial charge in [-0.1, -0.05) is 32.0 Å². The zero-order chi connectivity index (χ0) is 10.7. The van der Waals surface area contributed by atoms with E-state index < -0.39 is 4.92 Å². The van der Waals surface area contributed by atoms with Crippen molar-refractivity contribution in [1.82, 2.24) is 0 Å². The quantitative estimate of drug-likeness (QED) is 0.500. The zero-order valence-corrected chi connectivity index (χ0v) is 8.03. The van der Waals surface area contributed by atoms with Crippen molar-refractivity contribution in [3.05, 3.63) is 40.4 Å². The predicted molar refractivity (Wildman–Crippen MR) is 51.5 cm³/mol. The molecule has 1 aromatic rings. The molecule has 0 amide bonds. The summed E-state index contributed by atoms with van der Waals surface area (Å²) in [5.41, 5.74) is 0.137. The lowest BCUT2D eigenvalue weighted by Crippen LogP contribution is -1.84. The molecular weight excluding hydrogens is 173 g/mol. The van der Waals surface area contributed by atoms with E-state index in [1.165, 1.54) is 12.1 Å². The molecule has 0 radical (unpaired) electrons. The van der Waals surface area contributed by atoms with E-state index >= 15 is 0 Å². The number of alkyl halides is 1. The monoisotopic (exact) mass is 187 g/mol. The van der Waals surface area contributed by atoms with Crippen LogP contribution in [0.4, 0.5) is 10.1 Å². The second-order valence-electron chi connectivity index (χ2n) is 1.59. The predicted octanol–water partition coefficient (Wildman–Crippen LogP) is 3.21. The second-order valence-corrected chi connectivity index (χ2v) is 1.59. The van der Waals surface area contributed by atoms with Gasteiger partial charge in [0.15, 0.2) is 0 Å². The third-order valence-electron chi connectivity index (χ3n) is 0.967. The summed E-state index contributed by atoms with van der Waals surface area (Å²) in [5, 5.41) is 10.0. The largest absolute Gasteiger partial charge is 0.269 e. The van der Waals surface area contributed by atoms with Crippen LogP contribution in [0, 0.1) is 10.1 Å². The molecule has 0 aliphatic heterocycles. The van der Waals surface area contributed by atoms with Gasteiger partial charge in [-0.3, -0.25) is 14.5 Å². The summed E-state index contributed by atoms with van der Waals surface area (Å²) in [6, 6.07) is 7.93. The van der Waals surface area contributed by atoms with Gasteiger partial charge in [0, 0.05) is 12.1 Å². The lowest BCUT2D eigenvalue weighted by atomic mass is 10.3. The van der Waals surface area contributed by atoms with Gasteiger partial charge in [-0.05, 0) is 0 Å². The average molecular weight is 187 g/mol. The molecule has 0 aliphatic carbocycles. The molecular formula is C9H14FNO2. The van der Waals surface area contributed by atoms with Crippen LogP contribution < -0.4 is 0 Å². The number of benzene rings is 1. The summed E-state index contributed by atoms with van der Waals surface area (Å²) in [5.74, 6) is 0. The molecule has 0 unspecified atom stereocenters. The van der Waals surface area contributed by atoms with Crippen molar-refractivity contribution in [2.75, 3.05) is 7.18 Å². The summed E-state index contributed by atoms with van der Waals surface area (Å²) >= 11 is 0. The van der Waals surface area contributed by atoms with E-state index in [9.17, 15) is 14.5 Å². The number of hydrogen-bond acceptors (Lipinski definition) is 2. The standard InChI is InChI=1S/C6H5NO2.C2H6.CH3F/c8-7(9)6-4-2-1-3-5-6;2*1-2/h1-5H;1-2H3;1H3. The Labute approximate surface area is 77.4 Å². The van der Waals surface area contributed by atoms with Crippen LogP contribution in [0.1, 0.15) is 13.8 Å². The molecule has 13 heavy (non-hydrogen) atoms. The fraction of sp³-hybridized carbons (Fsp3) is 0.333. The van der Waals surface area contributed by atoms with Crippen molar-refractivity contribution in [2.45, 2.75) is 13.8 Å². The molecule has 0 aromatic heterocycles. The Morgan fingerprint density at radius 1 is 1.15 bits per heavy atom. The smallest absolute Gasteiger partial charge is 0.258 e. The molecule has 0 atom stereocenters. The van der Waals surface area contributed by atoms with Gasteiger partial charge >= 0.3 is 0 Å². The van der Waals surface area contributed by atoms with Gasteiger partial charge in [-0.15, -0.1) is 0 Å². The number of hydrogen-bond donors (Lipinski definition) is 0. The second kappa shape index (κ2) is 10.6. The maximum absolute atomic E-state index is 10.0. The van der Waals surface area contributed by atoms with Gasteiger partial charge in [-0.2, -0.15) is 0 Å². The van der Waals surface area contributed by atoms with Crippen LogP contribution in [0.5, 0.6) is 0 Å². The Kier molecular flexibility index (Phi) is 11.4. The van der Waals surface area contributed by atoms with Crippen LogP contribution in [0.3, 0.4) is 0 Å². The first kappa shape index (κ1) is 14.1. The molecule has 74 valence electrons. The highest BCUT2D eigenvalue weighted by molar-refractivity contribution is 5.27. The normalized spacial score (nSPS) is 7.08. The molecule has 0 bridgehead atoms. The van der Waals surface area contributed by atoms with Crippen molar-refractivity contribution in [2.24, 2.45) is 0 Å². The van der Waals surface area contributed by atoms with Crippen molar-refractivity contribution in [3.63, 3.8) is 0 Å². The van der Waals surface area contributed by atoms with Crippen LogP contribution in [0.25, 0.3) is 0 Å². The van der Waals surface area contributed by atoms with E-state index in [4.69, 9.17) is 0 Å². The van der Waals surface area contributed by atoms with Crippen LogP contribution >= 0.6 is 0 Å². The van der Waals surface area contributed by atoms with Gasteiger partial charge in [0.2, 0.25) is 0 Å². The molecule has 0 saturated heterocycles. The fourth-order valence-corrected chi connectivity index (χ4v) is 0.550. The lowest BCUT2D eigenvalue weighted by Gasteiger charge is -1.85. The molecule has 0 saturated carbocycles. The van der Waals surface area contributed by atoms with Gasteiger partial charge < -0.3 is 0 Å². The van der Waals surface area contributed by atoms with Gasteiger partial charge in [0.1, 0.15) is 0 Å². The SMILES string of the molecule is CC.CF.O=[N+]([O-])c1ccccc1. The summed E-state index contributed by atoms with van der Waals surface area (Å²) in [6.07, 6.45) is 0. The molecule has 1 aromatic carbocycles. The molecule has 0 N–H and O–H groups in total. The minimum atomic E-state index is -0.417. The van der Waals surface area contributed by atoms with Crippen molar-refractivity contribution in [1.29, 1.82) is 0 Å². The number of halogens is 1. The van der Waals surface area contributed by atoms with Crippen LogP contribution in [0.15, 0.2) is 30.3 Å². The third kappa shape index (κ3) is 6.93. The number of nitrogens with zero attached hydrogens (tertiary/aromatic N) is 1. The van der Waals surface area contributed by atoms with E-state index in [2.05, 4.69) is 0 Å². The fourth-order valence-electron chi connectivity index (χ4n) is 0.550. The Hall–Kier alpha value is -1.45. The number of rotatable bonds is 1. The van der Waals surface area contributed by atoms with E-state index in [1.54, 1.807) is 18.2 Å². The molecule has 4 heteroatoms. The molecule has 0 aliphatic rings. The first-order valence-electron chi connectivity index (χ1n) is 3.88. The van der Waals surface area contributed by atoms with Crippen LogP contribution in [-0.4, -0.2) is 12.1 Å². The van der Waals surface area contributed by atoms with E-state index in [-0.39, 0.29) is 5.69 Å². The van der Waals surface area contributed by atoms with Crippen molar-refractivity contribution < 1.29 is 9.31 Å². The Morgan fingerprint density at radius 3 is 1.77 bits per heavy atom. The van der Waals surface area contributed by atoms with E-state index in [0.29, 0.717) is 7.18 Å². The number of nitro benzene ring substituents is 1. The summed E-state index contributed by atoms with van der Waals surface area (Å²) in [6.45, 7) is 4.00. The summed E-state index contributed by atoms with van der Waals surface area (Å²) in [4.78, 5) is 9.59. The van der Waals surface area contributed by atoms with Gasteiger partial charge in [0.05, 0.1) is 12.1 Å². The van der Waals surface area contributed by atoms with Crippen LogP contribution in [0.2, 0.25) is 0 Å². The Bertz CT molecular complexity index is 214. The van der Waals surface area contributed by atoms with E-state index in [1.807, 2.05) is 13.8 Å². The summed E-state index contributed by atoms with van der Waals surface area (Å²) in [7, 11) is 0.500. The highest BCUT2D eigenvalue weighted by Crippen LogP contribution is 2.06. The molecule has 3 nitrogen and oxygen atoms in total. The number of nitro groups is 1. The molecule has 0 fully saturated rings. The minimum Gasteiger partial charge on any atom is -0.258 e. The third-order valence-corrected chi connectivity index (χ3v) is 0.967. The average Bonchev–Trinajstić information content (AvgIpc) is 2.25. The topological polar surface area (TPSA) is 43.1 Å². The van der Waals surface area contributed by atoms with E-state index in [0.717, 1.165) is 0 Å². The first-order chi connectivity index (χ1) is 6.30. The minimum absolute atomic E-state index is 0.137. The molecule has 1 rings (SSSR count). The van der Waals surface area contributed by atoms with Crippen molar-refractivity contribution in [3.8, 4) is 0 Å². The van der Waals surface area contributed by atoms with Gasteiger partial charge in [0.25, 0.3) is 5.69 Å². The lowest BCUT2D eigenvalue weighted by molar-refractivity contribution is -0.384.